The minimum Gasteiger partial charge on any atom is -0.373 e. The number of amides is 2. The predicted molar refractivity (Wildman–Crippen MR) is 101 cm³/mol. The van der Waals surface area contributed by atoms with E-state index in [4.69, 9.17) is 4.74 Å². The average Bonchev–Trinajstić information content (AvgIpc) is 2.58. The molecule has 0 saturated carbocycles. The fraction of sp³-hybridized carbons (Fsp3) is 0.600. The summed E-state index contributed by atoms with van der Waals surface area (Å²) in [5, 5.41) is 5.92. The molecule has 0 aromatic heterocycles. The number of hydrogen-bond donors (Lipinski definition) is 2. The number of morpholine rings is 1. The van der Waals surface area contributed by atoms with Gasteiger partial charge in [-0.3, -0.25) is 14.5 Å². The summed E-state index contributed by atoms with van der Waals surface area (Å²) in [5.41, 5.74) is 1.44. The van der Waals surface area contributed by atoms with Gasteiger partial charge < -0.3 is 15.4 Å². The van der Waals surface area contributed by atoms with E-state index >= 15 is 0 Å². The van der Waals surface area contributed by atoms with E-state index in [0.29, 0.717) is 6.54 Å². The van der Waals surface area contributed by atoms with Crippen molar-refractivity contribution in [1.82, 2.24) is 10.2 Å². The van der Waals surface area contributed by atoms with Crippen molar-refractivity contribution in [2.45, 2.75) is 57.8 Å². The lowest BCUT2D eigenvalue weighted by atomic mass is 9.89. The molecule has 3 atom stereocenters. The molecular formula is C20H29N3O3. The molecule has 2 amide bonds. The molecule has 1 aromatic carbocycles. The van der Waals surface area contributed by atoms with Gasteiger partial charge in [0.1, 0.15) is 0 Å². The van der Waals surface area contributed by atoms with E-state index in [2.05, 4.69) is 43.2 Å². The van der Waals surface area contributed by atoms with Crippen molar-refractivity contribution in [3.05, 3.63) is 29.8 Å². The van der Waals surface area contributed by atoms with Gasteiger partial charge in [-0.05, 0) is 39.3 Å². The number of nitrogens with one attached hydrogen (secondary N) is 2. The Morgan fingerprint density at radius 1 is 1.27 bits per heavy atom. The fourth-order valence-electron chi connectivity index (χ4n) is 3.86. The van der Waals surface area contributed by atoms with Crippen LogP contribution in [-0.2, 0) is 14.3 Å². The molecule has 3 unspecified atom stereocenters. The largest absolute Gasteiger partial charge is 0.373 e. The fourth-order valence-corrected chi connectivity index (χ4v) is 3.86. The molecule has 2 aliphatic heterocycles. The van der Waals surface area contributed by atoms with Gasteiger partial charge in [-0.2, -0.15) is 0 Å². The first kappa shape index (κ1) is 18.9. The third-order valence-electron chi connectivity index (χ3n) is 5.29. The second-order valence-corrected chi connectivity index (χ2v) is 8.08. The van der Waals surface area contributed by atoms with Crippen molar-refractivity contribution in [3.8, 4) is 0 Å². The van der Waals surface area contributed by atoms with Crippen molar-refractivity contribution < 1.29 is 14.3 Å². The first-order chi connectivity index (χ1) is 12.3. The van der Waals surface area contributed by atoms with Gasteiger partial charge in [0.2, 0.25) is 11.8 Å². The third kappa shape index (κ3) is 4.07. The molecule has 0 radical (unpaired) electrons. The highest BCUT2D eigenvalue weighted by molar-refractivity contribution is 6.01. The first-order valence-electron chi connectivity index (χ1n) is 9.33. The van der Waals surface area contributed by atoms with Crippen LogP contribution in [0.3, 0.4) is 0 Å². The summed E-state index contributed by atoms with van der Waals surface area (Å²) in [6.07, 6.45) is 0.555. The average molecular weight is 359 g/mol. The summed E-state index contributed by atoms with van der Waals surface area (Å²) in [6.45, 7) is 10.7. The zero-order valence-electron chi connectivity index (χ0n) is 16.0. The topological polar surface area (TPSA) is 70.7 Å². The van der Waals surface area contributed by atoms with E-state index in [-0.39, 0.29) is 36.0 Å². The highest BCUT2D eigenvalue weighted by Crippen LogP contribution is 2.32. The minimum absolute atomic E-state index is 0.0882. The number of hydrogen-bond acceptors (Lipinski definition) is 4. The van der Waals surface area contributed by atoms with Crippen molar-refractivity contribution >= 4 is 17.5 Å². The summed E-state index contributed by atoms with van der Waals surface area (Å²) in [4.78, 5) is 27.1. The zero-order valence-corrected chi connectivity index (χ0v) is 16.0. The van der Waals surface area contributed by atoms with Crippen LogP contribution in [0.1, 0.15) is 45.6 Å². The van der Waals surface area contributed by atoms with Gasteiger partial charge in [-0.25, -0.2) is 0 Å². The molecule has 1 fully saturated rings. The molecule has 6 nitrogen and oxygen atoms in total. The quantitative estimate of drug-likeness (QED) is 0.864. The van der Waals surface area contributed by atoms with Crippen LogP contribution in [0.5, 0.6) is 0 Å². The summed E-state index contributed by atoms with van der Waals surface area (Å²) in [7, 11) is 0. The van der Waals surface area contributed by atoms with Crippen LogP contribution in [0.25, 0.3) is 0 Å². The van der Waals surface area contributed by atoms with Crippen LogP contribution >= 0.6 is 0 Å². The molecule has 142 valence electrons. The molecule has 0 aliphatic carbocycles. The van der Waals surface area contributed by atoms with Gasteiger partial charge in [0.15, 0.2) is 0 Å². The minimum atomic E-state index is -0.432. The summed E-state index contributed by atoms with van der Waals surface area (Å²) >= 11 is 0. The molecular weight excluding hydrogens is 330 g/mol. The van der Waals surface area contributed by atoms with Gasteiger partial charge >= 0.3 is 0 Å². The number of carbonyl (C=O) groups is 2. The Morgan fingerprint density at radius 3 is 2.62 bits per heavy atom. The lowest BCUT2D eigenvalue weighted by Crippen LogP contribution is -2.59. The van der Waals surface area contributed by atoms with Crippen molar-refractivity contribution in [3.63, 3.8) is 0 Å². The smallest absolute Gasteiger partial charge is 0.228 e. The van der Waals surface area contributed by atoms with Gasteiger partial charge in [0, 0.05) is 37.3 Å². The molecule has 2 aliphatic rings. The Hall–Kier alpha value is -1.92. The highest BCUT2D eigenvalue weighted by atomic mass is 16.5. The van der Waals surface area contributed by atoms with Gasteiger partial charge in [0.25, 0.3) is 0 Å². The number of anilines is 1. The SMILES string of the molecule is CC1CN(C(C)(C)CNC(=O)C2CC(=O)Nc3ccccc32)CC(C)O1. The molecule has 0 spiro atoms. The van der Waals surface area contributed by atoms with Crippen LogP contribution in [0.4, 0.5) is 5.69 Å². The van der Waals surface area contributed by atoms with Crippen LogP contribution in [0.15, 0.2) is 24.3 Å². The Morgan fingerprint density at radius 2 is 1.92 bits per heavy atom. The van der Waals surface area contributed by atoms with Crippen LogP contribution in [0, 0.1) is 0 Å². The number of ether oxygens (including phenoxy) is 1. The second-order valence-electron chi connectivity index (χ2n) is 8.08. The van der Waals surface area contributed by atoms with Gasteiger partial charge in [-0.15, -0.1) is 0 Å². The Kier molecular flexibility index (Phi) is 5.34. The Balaban J connectivity index is 1.66. The van der Waals surface area contributed by atoms with Crippen LogP contribution in [0.2, 0.25) is 0 Å². The maximum absolute atomic E-state index is 12.8. The lowest BCUT2D eigenvalue weighted by molar-refractivity contribution is -0.127. The molecule has 0 bridgehead atoms. The number of fused-ring (bicyclic) bond motifs is 1. The number of benzene rings is 1. The number of rotatable bonds is 4. The summed E-state index contributed by atoms with van der Waals surface area (Å²) < 4.78 is 5.81. The monoisotopic (exact) mass is 359 g/mol. The number of carbonyl (C=O) groups excluding carboxylic acids is 2. The predicted octanol–water partition coefficient (Wildman–Crippen LogP) is 2.12. The Labute approximate surface area is 155 Å². The molecule has 1 aromatic rings. The molecule has 1 saturated heterocycles. The first-order valence-corrected chi connectivity index (χ1v) is 9.33. The maximum atomic E-state index is 12.8. The molecule has 6 heteroatoms. The van der Waals surface area contributed by atoms with Gasteiger partial charge in [0.05, 0.1) is 18.1 Å². The van der Waals surface area contributed by atoms with E-state index < -0.39 is 5.92 Å². The van der Waals surface area contributed by atoms with E-state index in [1.165, 1.54) is 0 Å². The van der Waals surface area contributed by atoms with Crippen LogP contribution in [-0.4, -0.2) is 54.1 Å². The third-order valence-corrected chi connectivity index (χ3v) is 5.29. The molecule has 2 heterocycles. The molecule has 2 N–H and O–H groups in total. The van der Waals surface area contributed by atoms with Gasteiger partial charge in [-0.1, -0.05) is 18.2 Å². The van der Waals surface area contributed by atoms with E-state index in [1.54, 1.807) is 0 Å². The second kappa shape index (κ2) is 7.37. The summed E-state index contributed by atoms with van der Waals surface area (Å²) in [5.74, 6) is -0.632. The standard InChI is InChI=1S/C20H29N3O3/c1-13-10-23(11-14(2)26-13)20(3,4)12-21-19(25)16-9-18(24)22-17-8-6-5-7-15(16)17/h5-8,13-14,16H,9-12H2,1-4H3,(H,21,25)(H,22,24). The van der Waals surface area contributed by atoms with Crippen molar-refractivity contribution in [1.29, 1.82) is 0 Å². The summed E-state index contributed by atoms with van der Waals surface area (Å²) in [6, 6.07) is 7.52. The lowest BCUT2D eigenvalue weighted by Gasteiger charge is -2.45. The highest BCUT2D eigenvalue weighted by Gasteiger charge is 2.35. The Bertz CT molecular complexity index is 679. The van der Waals surface area contributed by atoms with Crippen molar-refractivity contribution in [2.75, 3.05) is 25.0 Å². The number of para-hydroxylation sites is 1. The van der Waals surface area contributed by atoms with E-state index in [0.717, 1.165) is 24.3 Å². The van der Waals surface area contributed by atoms with E-state index in [9.17, 15) is 9.59 Å². The van der Waals surface area contributed by atoms with Crippen LogP contribution < -0.4 is 10.6 Å². The number of nitrogens with zero attached hydrogens (tertiary/aromatic N) is 1. The maximum Gasteiger partial charge on any atom is 0.228 e. The molecule has 26 heavy (non-hydrogen) atoms. The molecule has 3 rings (SSSR count). The van der Waals surface area contributed by atoms with Crippen molar-refractivity contribution in [2.24, 2.45) is 0 Å². The van der Waals surface area contributed by atoms with E-state index in [1.807, 2.05) is 24.3 Å². The normalized spacial score (nSPS) is 26.8. The zero-order chi connectivity index (χ0) is 18.9.